The molecule has 1 atom stereocenters. The molecule has 27 heavy (non-hydrogen) atoms. The molecule has 1 aromatic carbocycles. The summed E-state index contributed by atoms with van der Waals surface area (Å²) in [5.41, 5.74) is 1.69. The zero-order chi connectivity index (χ0) is 19.1. The van der Waals surface area contributed by atoms with Gasteiger partial charge >= 0.3 is 0 Å². The van der Waals surface area contributed by atoms with Crippen LogP contribution in [-0.4, -0.2) is 47.6 Å². The lowest BCUT2D eigenvalue weighted by Crippen LogP contribution is -2.42. The fourth-order valence-electron chi connectivity index (χ4n) is 3.52. The molecule has 1 fully saturated rings. The lowest BCUT2D eigenvalue weighted by molar-refractivity contribution is -0.122. The van der Waals surface area contributed by atoms with E-state index in [2.05, 4.69) is 15.2 Å². The number of aliphatic hydroxyl groups is 1. The summed E-state index contributed by atoms with van der Waals surface area (Å²) in [6.07, 6.45) is 2.89. The molecular formula is C21H27N3O3. The van der Waals surface area contributed by atoms with Crippen molar-refractivity contribution in [3.63, 3.8) is 0 Å². The van der Waals surface area contributed by atoms with Crippen LogP contribution in [0.5, 0.6) is 5.75 Å². The molecule has 0 spiro atoms. The zero-order valence-corrected chi connectivity index (χ0v) is 15.7. The molecule has 0 radical (unpaired) electrons. The van der Waals surface area contributed by atoms with Crippen molar-refractivity contribution in [3.8, 4) is 5.75 Å². The molecule has 144 valence electrons. The van der Waals surface area contributed by atoms with Crippen LogP contribution in [0.2, 0.25) is 0 Å². The predicted octanol–water partition coefficient (Wildman–Crippen LogP) is 2.15. The second-order valence-corrected chi connectivity index (χ2v) is 6.90. The highest BCUT2D eigenvalue weighted by molar-refractivity contribution is 5.78. The van der Waals surface area contributed by atoms with Crippen LogP contribution in [0.1, 0.15) is 30.2 Å². The van der Waals surface area contributed by atoms with E-state index in [1.165, 1.54) is 0 Å². The number of benzene rings is 1. The minimum absolute atomic E-state index is 0.00429. The van der Waals surface area contributed by atoms with E-state index in [4.69, 9.17) is 4.74 Å². The van der Waals surface area contributed by atoms with Crippen molar-refractivity contribution < 1.29 is 14.6 Å². The first-order valence-corrected chi connectivity index (χ1v) is 9.37. The van der Waals surface area contributed by atoms with Crippen molar-refractivity contribution in [3.05, 3.63) is 59.9 Å². The van der Waals surface area contributed by atoms with Gasteiger partial charge in [-0.05, 0) is 50.0 Å². The lowest BCUT2D eigenvalue weighted by atomic mass is 9.89. The zero-order valence-electron chi connectivity index (χ0n) is 15.7. The van der Waals surface area contributed by atoms with Crippen LogP contribution in [0.4, 0.5) is 0 Å². The first kappa shape index (κ1) is 19.3. The Bertz CT molecular complexity index is 730. The second-order valence-electron chi connectivity index (χ2n) is 6.90. The molecule has 0 bridgehead atoms. The normalized spacial score (nSPS) is 16.7. The minimum Gasteiger partial charge on any atom is -0.496 e. The molecule has 1 aromatic heterocycles. The van der Waals surface area contributed by atoms with Crippen molar-refractivity contribution in [2.45, 2.75) is 25.5 Å². The first-order chi connectivity index (χ1) is 13.2. The Kier molecular flexibility index (Phi) is 6.79. The van der Waals surface area contributed by atoms with Gasteiger partial charge in [-0.2, -0.15) is 0 Å². The molecule has 1 aliphatic rings. The molecule has 2 N–H and O–H groups in total. The Labute approximate surface area is 160 Å². The molecule has 0 unspecified atom stereocenters. The average molecular weight is 369 g/mol. The Hall–Kier alpha value is -2.44. The number of carbonyl (C=O) groups excluding carboxylic acids is 1. The largest absolute Gasteiger partial charge is 0.496 e. The third-order valence-corrected chi connectivity index (χ3v) is 5.11. The van der Waals surface area contributed by atoms with Gasteiger partial charge in [0.2, 0.25) is 5.91 Å². The molecule has 6 nitrogen and oxygen atoms in total. The Morgan fingerprint density at radius 1 is 1.26 bits per heavy atom. The average Bonchev–Trinajstić information content (AvgIpc) is 2.73. The number of likely N-dealkylation sites (tertiary alicyclic amines) is 1. The summed E-state index contributed by atoms with van der Waals surface area (Å²) in [7, 11) is 1.63. The van der Waals surface area contributed by atoms with Crippen molar-refractivity contribution >= 4 is 5.91 Å². The van der Waals surface area contributed by atoms with Crippen LogP contribution in [-0.2, 0) is 11.3 Å². The molecule has 0 aliphatic carbocycles. The van der Waals surface area contributed by atoms with Crippen molar-refractivity contribution in [1.29, 1.82) is 0 Å². The number of nitrogens with zero attached hydrogens (tertiary/aromatic N) is 2. The molecule has 2 aromatic rings. The molecule has 3 rings (SSSR count). The monoisotopic (exact) mass is 369 g/mol. The number of ether oxygens (including phenoxy) is 1. The molecule has 6 heteroatoms. The fraction of sp³-hybridized carbons (Fsp3) is 0.429. The number of amides is 1. The Balaban J connectivity index is 1.43. The number of methoxy groups -OCH3 is 1. The van der Waals surface area contributed by atoms with Gasteiger partial charge in [0, 0.05) is 18.3 Å². The summed E-state index contributed by atoms with van der Waals surface area (Å²) in [6, 6.07) is 13.3. The first-order valence-electron chi connectivity index (χ1n) is 9.37. The van der Waals surface area contributed by atoms with Crippen LogP contribution in [0.15, 0.2) is 48.7 Å². The van der Waals surface area contributed by atoms with E-state index in [0.29, 0.717) is 13.1 Å². The number of hydrogen-bond donors (Lipinski definition) is 2. The van der Waals surface area contributed by atoms with Crippen LogP contribution in [0.25, 0.3) is 0 Å². The number of pyridine rings is 1. The van der Waals surface area contributed by atoms with Crippen molar-refractivity contribution in [1.82, 2.24) is 15.2 Å². The maximum absolute atomic E-state index is 12.3. The predicted molar refractivity (Wildman–Crippen MR) is 103 cm³/mol. The third-order valence-electron chi connectivity index (χ3n) is 5.11. The molecule has 0 saturated carbocycles. The molecule has 2 heterocycles. The summed E-state index contributed by atoms with van der Waals surface area (Å²) in [5.74, 6) is 0.972. The van der Waals surface area contributed by atoms with Crippen molar-refractivity contribution in [2.75, 3.05) is 26.7 Å². The van der Waals surface area contributed by atoms with Crippen LogP contribution >= 0.6 is 0 Å². The number of carbonyl (C=O) groups is 1. The number of hydrogen-bond acceptors (Lipinski definition) is 5. The second kappa shape index (κ2) is 9.48. The standard InChI is InChI=1S/C21H27N3O3/c1-27-19-8-3-2-6-17(19)14-23-20(25)15-24-12-9-16(10-13-24)21(26)18-7-4-5-11-22-18/h2-8,11,16,21,26H,9-10,12-15H2,1H3,(H,23,25)/t21-/m0/s1. The van der Waals surface area contributed by atoms with Gasteiger partial charge in [0.15, 0.2) is 0 Å². The van der Waals surface area contributed by atoms with Gasteiger partial charge in [0.1, 0.15) is 5.75 Å². The van der Waals surface area contributed by atoms with Gasteiger partial charge in [-0.3, -0.25) is 14.7 Å². The van der Waals surface area contributed by atoms with Gasteiger partial charge in [0.05, 0.1) is 25.5 Å². The van der Waals surface area contributed by atoms with E-state index in [1.54, 1.807) is 13.3 Å². The molecular weight excluding hydrogens is 342 g/mol. The smallest absolute Gasteiger partial charge is 0.234 e. The third kappa shape index (κ3) is 5.28. The van der Waals surface area contributed by atoms with E-state index in [1.807, 2.05) is 42.5 Å². The van der Waals surface area contributed by atoms with E-state index in [0.717, 1.165) is 42.9 Å². The minimum atomic E-state index is -0.535. The van der Waals surface area contributed by atoms with Crippen molar-refractivity contribution in [2.24, 2.45) is 5.92 Å². The summed E-state index contributed by atoms with van der Waals surface area (Å²) in [6.45, 7) is 2.44. The summed E-state index contributed by atoms with van der Waals surface area (Å²) in [4.78, 5) is 18.7. The number of piperidine rings is 1. The van der Waals surface area contributed by atoms with Crippen LogP contribution in [0, 0.1) is 5.92 Å². The fourth-order valence-corrected chi connectivity index (χ4v) is 3.52. The molecule has 1 amide bonds. The van der Waals surface area contributed by atoms with Gasteiger partial charge in [-0.1, -0.05) is 24.3 Å². The molecule has 1 saturated heterocycles. The number of aliphatic hydroxyl groups excluding tert-OH is 1. The van der Waals surface area contributed by atoms with E-state index in [9.17, 15) is 9.90 Å². The summed E-state index contributed by atoms with van der Waals surface area (Å²) in [5, 5.41) is 13.5. The van der Waals surface area contributed by atoms with E-state index < -0.39 is 6.10 Å². The summed E-state index contributed by atoms with van der Waals surface area (Å²) < 4.78 is 5.31. The highest BCUT2D eigenvalue weighted by Gasteiger charge is 2.27. The van der Waals surface area contributed by atoms with Gasteiger partial charge in [-0.25, -0.2) is 0 Å². The highest BCUT2D eigenvalue weighted by atomic mass is 16.5. The maximum Gasteiger partial charge on any atom is 0.234 e. The van der Waals surface area contributed by atoms with Gasteiger partial charge < -0.3 is 15.2 Å². The van der Waals surface area contributed by atoms with E-state index >= 15 is 0 Å². The van der Waals surface area contributed by atoms with Gasteiger partial charge in [0.25, 0.3) is 0 Å². The number of rotatable bonds is 7. The SMILES string of the molecule is COc1ccccc1CNC(=O)CN1CCC([C@H](O)c2ccccn2)CC1. The maximum atomic E-state index is 12.3. The highest BCUT2D eigenvalue weighted by Crippen LogP contribution is 2.29. The molecule has 1 aliphatic heterocycles. The van der Waals surface area contributed by atoms with Crippen LogP contribution < -0.4 is 10.1 Å². The number of para-hydroxylation sites is 1. The topological polar surface area (TPSA) is 74.7 Å². The van der Waals surface area contributed by atoms with Crippen LogP contribution in [0.3, 0.4) is 0 Å². The lowest BCUT2D eigenvalue weighted by Gasteiger charge is -2.33. The number of aromatic nitrogens is 1. The number of nitrogens with one attached hydrogen (secondary N) is 1. The van der Waals surface area contributed by atoms with E-state index in [-0.39, 0.29) is 11.8 Å². The quantitative estimate of drug-likeness (QED) is 0.782. The Morgan fingerprint density at radius 2 is 2.00 bits per heavy atom. The van der Waals surface area contributed by atoms with Gasteiger partial charge in [-0.15, -0.1) is 0 Å². The Morgan fingerprint density at radius 3 is 2.70 bits per heavy atom. The summed E-state index contributed by atoms with van der Waals surface area (Å²) >= 11 is 0.